The Labute approximate surface area is 105 Å². The van der Waals surface area contributed by atoms with Crippen molar-refractivity contribution in [2.45, 2.75) is 11.8 Å². The Balaban J connectivity index is 2.69. The first-order valence-corrected chi connectivity index (χ1v) is 6.66. The van der Waals surface area contributed by atoms with Gasteiger partial charge in [-0.3, -0.25) is 4.55 Å². The summed E-state index contributed by atoms with van der Waals surface area (Å²) in [4.78, 5) is -0.298. The first-order chi connectivity index (χ1) is 8.38. The van der Waals surface area contributed by atoms with Gasteiger partial charge in [-0.2, -0.15) is 8.42 Å². The van der Waals surface area contributed by atoms with E-state index in [9.17, 15) is 12.8 Å². The predicted octanol–water partition coefficient (Wildman–Crippen LogP) is 3.05. The van der Waals surface area contributed by atoms with Crippen molar-refractivity contribution in [2.75, 3.05) is 0 Å². The van der Waals surface area contributed by atoms with Crippen LogP contribution in [-0.4, -0.2) is 13.0 Å². The molecule has 0 bridgehead atoms. The molecule has 2 rings (SSSR count). The van der Waals surface area contributed by atoms with Gasteiger partial charge in [-0.25, -0.2) is 4.39 Å². The highest BCUT2D eigenvalue weighted by Gasteiger charge is 2.17. The Hall–Kier alpha value is -1.72. The van der Waals surface area contributed by atoms with E-state index in [4.69, 9.17) is 4.55 Å². The molecule has 1 N–H and O–H groups in total. The van der Waals surface area contributed by atoms with Gasteiger partial charge in [0.25, 0.3) is 10.1 Å². The van der Waals surface area contributed by atoms with Gasteiger partial charge in [-0.05, 0) is 30.7 Å². The fourth-order valence-corrected chi connectivity index (χ4v) is 2.38. The largest absolute Gasteiger partial charge is 0.295 e. The molecule has 0 spiro atoms. The van der Waals surface area contributed by atoms with Crippen LogP contribution in [0, 0.1) is 12.7 Å². The van der Waals surface area contributed by atoms with Gasteiger partial charge in [0.1, 0.15) is 10.7 Å². The summed E-state index contributed by atoms with van der Waals surface area (Å²) in [5.74, 6) is -0.557. The maximum atomic E-state index is 13.2. The van der Waals surface area contributed by atoms with Gasteiger partial charge in [0.2, 0.25) is 0 Å². The second-order valence-electron chi connectivity index (χ2n) is 3.98. The summed E-state index contributed by atoms with van der Waals surface area (Å²) < 4.78 is 44.8. The SMILES string of the molecule is Cc1ccc(-c2cc(F)ccc2S(=O)(=O)O)cc1. The number of benzene rings is 2. The van der Waals surface area contributed by atoms with Crippen LogP contribution in [0.25, 0.3) is 11.1 Å². The van der Waals surface area contributed by atoms with E-state index in [1.165, 1.54) is 0 Å². The smallest absolute Gasteiger partial charge is 0.282 e. The first-order valence-electron chi connectivity index (χ1n) is 5.22. The summed E-state index contributed by atoms with van der Waals surface area (Å²) in [6.07, 6.45) is 0. The van der Waals surface area contributed by atoms with Crippen molar-refractivity contribution in [1.82, 2.24) is 0 Å². The zero-order valence-electron chi connectivity index (χ0n) is 9.59. The van der Waals surface area contributed by atoms with Crippen molar-refractivity contribution in [3.63, 3.8) is 0 Å². The van der Waals surface area contributed by atoms with Crippen molar-refractivity contribution < 1.29 is 17.4 Å². The predicted molar refractivity (Wildman–Crippen MR) is 66.4 cm³/mol. The molecule has 0 aromatic heterocycles. The lowest BCUT2D eigenvalue weighted by Gasteiger charge is -2.07. The lowest BCUT2D eigenvalue weighted by molar-refractivity contribution is 0.483. The molecule has 0 radical (unpaired) electrons. The van der Waals surface area contributed by atoms with Crippen molar-refractivity contribution >= 4 is 10.1 Å². The summed E-state index contributed by atoms with van der Waals surface area (Å²) in [7, 11) is -4.38. The van der Waals surface area contributed by atoms with E-state index < -0.39 is 15.9 Å². The standard InChI is InChI=1S/C13H11FO3S/c1-9-2-4-10(5-3-9)12-8-11(14)6-7-13(12)18(15,16)17/h2-8H,1H3,(H,15,16,17). The second kappa shape index (κ2) is 4.51. The van der Waals surface area contributed by atoms with E-state index in [0.29, 0.717) is 5.56 Å². The van der Waals surface area contributed by atoms with E-state index in [1.807, 2.05) is 6.92 Å². The molecule has 0 aliphatic rings. The van der Waals surface area contributed by atoms with E-state index in [-0.39, 0.29) is 10.5 Å². The van der Waals surface area contributed by atoms with E-state index in [0.717, 1.165) is 23.8 Å². The zero-order valence-corrected chi connectivity index (χ0v) is 10.4. The van der Waals surface area contributed by atoms with Crippen molar-refractivity contribution in [2.24, 2.45) is 0 Å². The van der Waals surface area contributed by atoms with Crippen molar-refractivity contribution in [1.29, 1.82) is 0 Å². The van der Waals surface area contributed by atoms with Gasteiger partial charge in [-0.15, -0.1) is 0 Å². The van der Waals surface area contributed by atoms with Crippen LogP contribution < -0.4 is 0 Å². The molecule has 0 fully saturated rings. The van der Waals surface area contributed by atoms with Gasteiger partial charge < -0.3 is 0 Å². The number of halogens is 1. The molecule has 0 atom stereocenters. The van der Waals surface area contributed by atoms with Crippen LogP contribution in [0.15, 0.2) is 47.4 Å². The molecule has 0 heterocycles. The molecule has 0 saturated heterocycles. The average Bonchev–Trinajstić information content (AvgIpc) is 2.28. The Morgan fingerprint density at radius 2 is 1.67 bits per heavy atom. The molecule has 18 heavy (non-hydrogen) atoms. The molecule has 0 aliphatic heterocycles. The fourth-order valence-electron chi connectivity index (χ4n) is 1.69. The summed E-state index contributed by atoms with van der Waals surface area (Å²) in [5.41, 5.74) is 1.69. The van der Waals surface area contributed by atoms with E-state index in [2.05, 4.69) is 0 Å². The quantitative estimate of drug-likeness (QED) is 0.850. The molecular weight excluding hydrogens is 255 g/mol. The molecule has 94 valence electrons. The average molecular weight is 266 g/mol. The number of hydrogen-bond acceptors (Lipinski definition) is 2. The Morgan fingerprint density at radius 3 is 2.22 bits per heavy atom. The third-order valence-electron chi connectivity index (χ3n) is 2.58. The molecular formula is C13H11FO3S. The molecule has 3 nitrogen and oxygen atoms in total. The van der Waals surface area contributed by atoms with Crippen LogP contribution in [0.1, 0.15) is 5.56 Å². The monoisotopic (exact) mass is 266 g/mol. The van der Waals surface area contributed by atoms with Gasteiger partial charge in [0.15, 0.2) is 0 Å². The number of hydrogen-bond donors (Lipinski definition) is 1. The summed E-state index contributed by atoms with van der Waals surface area (Å²) >= 11 is 0. The highest BCUT2D eigenvalue weighted by molar-refractivity contribution is 7.86. The Bertz CT molecular complexity index is 676. The molecule has 0 aliphatic carbocycles. The Kier molecular flexibility index (Phi) is 3.19. The topological polar surface area (TPSA) is 54.4 Å². The van der Waals surface area contributed by atoms with E-state index in [1.54, 1.807) is 24.3 Å². The fraction of sp³-hybridized carbons (Fsp3) is 0.0769. The molecule has 0 unspecified atom stereocenters. The lowest BCUT2D eigenvalue weighted by atomic mass is 10.0. The summed E-state index contributed by atoms with van der Waals surface area (Å²) in [5, 5.41) is 0. The number of aryl methyl sites for hydroxylation is 1. The lowest BCUT2D eigenvalue weighted by Crippen LogP contribution is -2.01. The highest BCUT2D eigenvalue weighted by atomic mass is 32.2. The maximum Gasteiger partial charge on any atom is 0.295 e. The summed E-state index contributed by atoms with van der Waals surface area (Å²) in [6.45, 7) is 1.89. The number of rotatable bonds is 2. The van der Waals surface area contributed by atoms with E-state index >= 15 is 0 Å². The van der Waals surface area contributed by atoms with Crippen LogP contribution in [0.5, 0.6) is 0 Å². The van der Waals surface area contributed by atoms with Crippen molar-refractivity contribution in [3.8, 4) is 11.1 Å². The second-order valence-corrected chi connectivity index (χ2v) is 5.37. The Morgan fingerprint density at radius 1 is 1.06 bits per heavy atom. The minimum atomic E-state index is -4.38. The van der Waals surface area contributed by atoms with Crippen LogP contribution in [0.3, 0.4) is 0 Å². The minimum Gasteiger partial charge on any atom is -0.282 e. The molecule has 0 saturated carbocycles. The van der Waals surface area contributed by atoms with Crippen LogP contribution in [0.4, 0.5) is 4.39 Å². The maximum absolute atomic E-state index is 13.2. The highest BCUT2D eigenvalue weighted by Crippen LogP contribution is 2.28. The zero-order chi connectivity index (χ0) is 13.3. The molecule has 5 heteroatoms. The first kappa shape index (κ1) is 12.7. The third-order valence-corrected chi connectivity index (χ3v) is 3.49. The van der Waals surface area contributed by atoms with Gasteiger partial charge in [-0.1, -0.05) is 29.8 Å². The molecule has 2 aromatic rings. The third kappa shape index (κ3) is 2.57. The van der Waals surface area contributed by atoms with Crippen LogP contribution in [0.2, 0.25) is 0 Å². The van der Waals surface area contributed by atoms with Crippen LogP contribution >= 0.6 is 0 Å². The minimum absolute atomic E-state index is 0.150. The van der Waals surface area contributed by atoms with Crippen molar-refractivity contribution in [3.05, 3.63) is 53.8 Å². The molecule has 0 amide bonds. The van der Waals surface area contributed by atoms with Gasteiger partial charge in [0, 0.05) is 5.56 Å². The normalized spacial score (nSPS) is 11.5. The molecule has 2 aromatic carbocycles. The van der Waals surface area contributed by atoms with Crippen LogP contribution in [-0.2, 0) is 10.1 Å². The summed E-state index contributed by atoms with van der Waals surface area (Å²) in [6, 6.07) is 10.1. The van der Waals surface area contributed by atoms with Gasteiger partial charge >= 0.3 is 0 Å². The van der Waals surface area contributed by atoms with Gasteiger partial charge in [0.05, 0.1) is 0 Å².